The minimum atomic E-state index is 0.692. The van der Waals surface area contributed by atoms with E-state index in [2.05, 4.69) is 33.4 Å². The highest BCUT2D eigenvalue weighted by molar-refractivity contribution is 9.10. The van der Waals surface area contributed by atoms with E-state index in [1.807, 2.05) is 25.2 Å². The smallest absolute Gasteiger partial charge is 0.0546 e. The van der Waals surface area contributed by atoms with Crippen LogP contribution >= 0.6 is 50.9 Å². The molecule has 1 N–H and O–H groups in total. The van der Waals surface area contributed by atoms with Crippen LogP contribution < -0.4 is 5.32 Å². The van der Waals surface area contributed by atoms with Gasteiger partial charge in [0.1, 0.15) is 0 Å². The molecular weight excluding hydrogens is 365 g/mol. The lowest BCUT2D eigenvalue weighted by Crippen LogP contribution is -2.06. The van der Waals surface area contributed by atoms with Gasteiger partial charge in [-0.1, -0.05) is 57.0 Å². The molecule has 0 aliphatic rings. The highest BCUT2D eigenvalue weighted by Gasteiger charge is 2.08. The first-order valence-electron chi connectivity index (χ1n) is 5.66. The first kappa shape index (κ1) is 15.2. The standard InChI is InChI=1S/C14H12BrCl2NS/c1-18-8-9-2-3-10(15)6-13(9)19-14-7-11(16)4-5-12(14)17/h2-7,18H,8H2,1H3. The lowest BCUT2D eigenvalue weighted by Gasteiger charge is -2.11. The minimum absolute atomic E-state index is 0.692. The summed E-state index contributed by atoms with van der Waals surface area (Å²) in [5.74, 6) is 0. The van der Waals surface area contributed by atoms with Crippen LogP contribution in [0, 0.1) is 0 Å². The van der Waals surface area contributed by atoms with Gasteiger partial charge in [-0.25, -0.2) is 0 Å². The molecule has 2 aromatic rings. The van der Waals surface area contributed by atoms with E-state index in [4.69, 9.17) is 23.2 Å². The number of halogens is 3. The second-order valence-electron chi connectivity index (χ2n) is 3.96. The van der Waals surface area contributed by atoms with Crippen LogP contribution in [0.25, 0.3) is 0 Å². The fourth-order valence-electron chi connectivity index (χ4n) is 1.63. The molecule has 0 saturated carbocycles. The van der Waals surface area contributed by atoms with Gasteiger partial charge >= 0.3 is 0 Å². The molecule has 0 bridgehead atoms. The van der Waals surface area contributed by atoms with Crippen molar-refractivity contribution in [1.82, 2.24) is 5.32 Å². The number of hydrogen-bond donors (Lipinski definition) is 1. The van der Waals surface area contributed by atoms with Crippen molar-refractivity contribution < 1.29 is 0 Å². The van der Waals surface area contributed by atoms with Gasteiger partial charge < -0.3 is 5.32 Å². The van der Waals surface area contributed by atoms with Crippen LogP contribution in [0.3, 0.4) is 0 Å². The van der Waals surface area contributed by atoms with E-state index in [1.165, 1.54) is 5.56 Å². The average molecular weight is 377 g/mol. The Morgan fingerprint density at radius 1 is 1.11 bits per heavy atom. The van der Waals surface area contributed by atoms with E-state index in [0.717, 1.165) is 20.8 Å². The zero-order valence-corrected chi connectivity index (χ0v) is 14.1. The Balaban J connectivity index is 2.36. The summed E-state index contributed by atoms with van der Waals surface area (Å²) >= 11 is 17.4. The molecule has 0 spiro atoms. The monoisotopic (exact) mass is 375 g/mol. The third-order valence-corrected chi connectivity index (χ3v) is 4.84. The summed E-state index contributed by atoms with van der Waals surface area (Å²) in [5, 5.41) is 4.57. The summed E-state index contributed by atoms with van der Waals surface area (Å²) in [7, 11) is 1.93. The van der Waals surface area contributed by atoms with Crippen LogP contribution in [0.4, 0.5) is 0 Å². The molecule has 0 aliphatic carbocycles. The molecular formula is C14H12BrCl2NS. The predicted octanol–water partition coefficient (Wildman–Crippen LogP) is 5.63. The van der Waals surface area contributed by atoms with E-state index in [9.17, 15) is 0 Å². The Morgan fingerprint density at radius 3 is 2.63 bits per heavy atom. The van der Waals surface area contributed by atoms with Crippen LogP contribution in [0.15, 0.2) is 50.7 Å². The van der Waals surface area contributed by atoms with Gasteiger partial charge in [0.2, 0.25) is 0 Å². The van der Waals surface area contributed by atoms with Crippen molar-refractivity contribution in [2.45, 2.75) is 16.3 Å². The van der Waals surface area contributed by atoms with E-state index in [0.29, 0.717) is 10.0 Å². The van der Waals surface area contributed by atoms with Crippen LogP contribution in [-0.4, -0.2) is 7.05 Å². The maximum atomic E-state index is 6.21. The Hall–Kier alpha value is -0.190. The molecule has 100 valence electrons. The maximum Gasteiger partial charge on any atom is 0.0546 e. The molecule has 0 atom stereocenters. The highest BCUT2D eigenvalue weighted by Crippen LogP contribution is 2.37. The number of benzene rings is 2. The normalized spacial score (nSPS) is 10.7. The van der Waals surface area contributed by atoms with Crippen LogP contribution in [0.1, 0.15) is 5.56 Å². The molecule has 0 fully saturated rings. The van der Waals surface area contributed by atoms with Gasteiger partial charge in [-0.3, -0.25) is 0 Å². The zero-order chi connectivity index (χ0) is 13.8. The summed E-state index contributed by atoms with van der Waals surface area (Å²) in [6.07, 6.45) is 0. The number of hydrogen-bond acceptors (Lipinski definition) is 2. The molecule has 2 aromatic carbocycles. The highest BCUT2D eigenvalue weighted by atomic mass is 79.9. The molecule has 0 aliphatic heterocycles. The third-order valence-electron chi connectivity index (χ3n) is 2.51. The van der Waals surface area contributed by atoms with Gasteiger partial charge in [0.15, 0.2) is 0 Å². The van der Waals surface area contributed by atoms with Gasteiger partial charge in [0, 0.05) is 25.8 Å². The molecule has 0 radical (unpaired) electrons. The maximum absolute atomic E-state index is 6.21. The van der Waals surface area contributed by atoms with E-state index in [-0.39, 0.29) is 0 Å². The zero-order valence-electron chi connectivity index (χ0n) is 10.2. The topological polar surface area (TPSA) is 12.0 Å². The SMILES string of the molecule is CNCc1ccc(Br)cc1Sc1cc(Cl)ccc1Cl. The molecule has 5 heteroatoms. The van der Waals surface area contributed by atoms with Crippen LogP contribution in [0.2, 0.25) is 10.0 Å². The molecule has 1 nitrogen and oxygen atoms in total. The molecule has 0 saturated heterocycles. The van der Waals surface area contributed by atoms with Crippen LogP contribution in [0.5, 0.6) is 0 Å². The average Bonchev–Trinajstić information content (AvgIpc) is 2.37. The van der Waals surface area contributed by atoms with Crippen molar-refractivity contribution in [3.8, 4) is 0 Å². The van der Waals surface area contributed by atoms with Gasteiger partial charge in [-0.2, -0.15) is 0 Å². The summed E-state index contributed by atoms with van der Waals surface area (Å²) in [5.41, 5.74) is 1.23. The van der Waals surface area contributed by atoms with Gasteiger partial charge in [0.25, 0.3) is 0 Å². The summed E-state index contributed by atoms with van der Waals surface area (Å²) in [6, 6.07) is 11.7. The summed E-state index contributed by atoms with van der Waals surface area (Å²) in [6.45, 7) is 0.813. The van der Waals surface area contributed by atoms with Crippen molar-refractivity contribution in [3.05, 3.63) is 56.5 Å². The largest absolute Gasteiger partial charge is 0.316 e. The van der Waals surface area contributed by atoms with Gasteiger partial charge in [0.05, 0.1) is 5.02 Å². The fraction of sp³-hybridized carbons (Fsp3) is 0.143. The molecule has 2 rings (SSSR count). The van der Waals surface area contributed by atoms with E-state index >= 15 is 0 Å². The first-order chi connectivity index (χ1) is 9.10. The van der Waals surface area contributed by atoms with Gasteiger partial charge in [-0.05, 0) is 42.9 Å². The molecule has 0 aromatic heterocycles. The molecule has 0 heterocycles. The van der Waals surface area contributed by atoms with E-state index < -0.39 is 0 Å². The van der Waals surface area contributed by atoms with Crippen molar-refractivity contribution in [2.24, 2.45) is 0 Å². The van der Waals surface area contributed by atoms with Crippen LogP contribution in [-0.2, 0) is 6.54 Å². The lowest BCUT2D eigenvalue weighted by atomic mass is 10.2. The second kappa shape index (κ2) is 7.00. The summed E-state index contributed by atoms with van der Waals surface area (Å²) in [4.78, 5) is 2.12. The van der Waals surface area contributed by atoms with Gasteiger partial charge in [-0.15, -0.1) is 0 Å². The number of nitrogens with one attached hydrogen (secondary N) is 1. The fourth-order valence-corrected chi connectivity index (χ4v) is 3.66. The summed E-state index contributed by atoms with van der Waals surface area (Å²) < 4.78 is 1.05. The predicted molar refractivity (Wildman–Crippen MR) is 87.5 cm³/mol. The molecule has 0 amide bonds. The third kappa shape index (κ3) is 4.14. The Morgan fingerprint density at radius 2 is 1.89 bits per heavy atom. The van der Waals surface area contributed by atoms with Crippen molar-refractivity contribution in [2.75, 3.05) is 7.05 Å². The second-order valence-corrected chi connectivity index (χ2v) is 6.80. The lowest BCUT2D eigenvalue weighted by molar-refractivity contribution is 0.803. The molecule has 0 unspecified atom stereocenters. The van der Waals surface area contributed by atoms with E-state index in [1.54, 1.807) is 17.8 Å². The minimum Gasteiger partial charge on any atom is -0.316 e. The quantitative estimate of drug-likeness (QED) is 0.742. The Kier molecular flexibility index (Phi) is 5.60. The first-order valence-corrected chi connectivity index (χ1v) is 8.02. The molecule has 19 heavy (non-hydrogen) atoms. The van der Waals surface area contributed by atoms with Crippen molar-refractivity contribution in [3.63, 3.8) is 0 Å². The Labute approximate surface area is 135 Å². The van der Waals surface area contributed by atoms with Crippen molar-refractivity contribution >= 4 is 50.9 Å². The Bertz CT molecular complexity index is 590. The number of rotatable bonds is 4. The van der Waals surface area contributed by atoms with Crippen molar-refractivity contribution in [1.29, 1.82) is 0 Å².